The van der Waals surface area contributed by atoms with Crippen molar-refractivity contribution in [3.05, 3.63) is 35.9 Å². The van der Waals surface area contributed by atoms with Gasteiger partial charge in [0, 0.05) is 25.2 Å². The Kier molecular flexibility index (Phi) is 13.7. The molecule has 0 saturated heterocycles. The van der Waals surface area contributed by atoms with E-state index in [0.29, 0.717) is 13.2 Å². The SMILES string of the molecule is CCCCCCCCC(OCC)(OCC)c1ccccc1.[NaH]. The minimum atomic E-state index is -0.560. The van der Waals surface area contributed by atoms with Gasteiger partial charge in [-0.15, -0.1) is 0 Å². The van der Waals surface area contributed by atoms with E-state index in [1.165, 1.54) is 32.1 Å². The minimum absolute atomic E-state index is 0. The van der Waals surface area contributed by atoms with Crippen molar-refractivity contribution in [1.82, 2.24) is 0 Å². The van der Waals surface area contributed by atoms with Gasteiger partial charge in [0.25, 0.3) is 0 Å². The second-order valence-corrected chi connectivity index (χ2v) is 5.50. The summed E-state index contributed by atoms with van der Waals surface area (Å²) >= 11 is 0. The van der Waals surface area contributed by atoms with Crippen LogP contribution in [0.25, 0.3) is 0 Å². The molecule has 2 nitrogen and oxygen atoms in total. The number of ether oxygens (including phenoxy) is 2. The fraction of sp³-hybridized carbons (Fsp3) is 0.684. The van der Waals surface area contributed by atoms with E-state index < -0.39 is 5.79 Å². The van der Waals surface area contributed by atoms with E-state index in [4.69, 9.17) is 9.47 Å². The maximum atomic E-state index is 6.06. The second-order valence-electron chi connectivity index (χ2n) is 5.50. The molecule has 0 aliphatic carbocycles. The van der Waals surface area contributed by atoms with Gasteiger partial charge in [-0.3, -0.25) is 0 Å². The molecule has 122 valence electrons. The number of benzene rings is 1. The summed E-state index contributed by atoms with van der Waals surface area (Å²) in [5.74, 6) is -0.560. The molecular formula is C19H33NaO2. The fourth-order valence-electron chi connectivity index (χ4n) is 2.79. The quantitative estimate of drug-likeness (QED) is 0.306. The van der Waals surface area contributed by atoms with Crippen LogP contribution in [0.5, 0.6) is 0 Å². The van der Waals surface area contributed by atoms with E-state index >= 15 is 0 Å². The molecule has 0 N–H and O–H groups in total. The molecule has 1 aromatic carbocycles. The molecule has 0 atom stereocenters. The molecule has 0 bridgehead atoms. The van der Waals surface area contributed by atoms with Crippen molar-refractivity contribution in [2.24, 2.45) is 0 Å². The molecule has 0 unspecified atom stereocenters. The zero-order chi connectivity index (χ0) is 15.4. The normalized spacial score (nSPS) is 11.2. The Hall–Kier alpha value is 0.140. The third-order valence-corrected chi connectivity index (χ3v) is 3.83. The maximum absolute atomic E-state index is 6.06. The Morgan fingerprint density at radius 1 is 0.773 bits per heavy atom. The van der Waals surface area contributed by atoms with Crippen molar-refractivity contribution in [2.75, 3.05) is 13.2 Å². The third-order valence-electron chi connectivity index (χ3n) is 3.83. The van der Waals surface area contributed by atoms with Crippen LogP contribution < -0.4 is 0 Å². The topological polar surface area (TPSA) is 18.5 Å². The number of unbranched alkanes of at least 4 members (excludes halogenated alkanes) is 5. The molecule has 0 saturated carbocycles. The van der Waals surface area contributed by atoms with Crippen LogP contribution in [-0.2, 0) is 15.3 Å². The van der Waals surface area contributed by atoms with Crippen molar-refractivity contribution in [3.8, 4) is 0 Å². The molecule has 0 aliphatic heterocycles. The van der Waals surface area contributed by atoms with E-state index in [1.807, 2.05) is 19.9 Å². The van der Waals surface area contributed by atoms with Gasteiger partial charge in [0.2, 0.25) is 0 Å². The monoisotopic (exact) mass is 316 g/mol. The average Bonchev–Trinajstić information content (AvgIpc) is 2.52. The summed E-state index contributed by atoms with van der Waals surface area (Å²) in [6.45, 7) is 7.68. The molecule has 0 radical (unpaired) electrons. The van der Waals surface area contributed by atoms with Gasteiger partial charge in [0.15, 0.2) is 5.79 Å². The zero-order valence-corrected chi connectivity index (χ0v) is 14.1. The zero-order valence-electron chi connectivity index (χ0n) is 14.1. The van der Waals surface area contributed by atoms with Crippen molar-refractivity contribution in [1.29, 1.82) is 0 Å². The molecule has 0 aromatic heterocycles. The second kappa shape index (κ2) is 13.6. The molecule has 1 rings (SSSR count). The van der Waals surface area contributed by atoms with Gasteiger partial charge in [-0.1, -0.05) is 69.4 Å². The summed E-state index contributed by atoms with van der Waals surface area (Å²) in [5, 5.41) is 0. The number of rotatable bonds is 12. The van der Waals surface area contributed by atoms with Gasteiger partial charge in [0.1, 0.15) is 0 Å². The van der Waals surface area contributed by atoms with E-state index in [9.17, 15) is 0 Å². The Labute approximate surface area is 159 Å². The van der Waals surface area contributed by atoms with E-state index in [1.54, 1.807) is 0 Å². The molecule has 3 heteroatoms. The van der Waals surface area contributed by atoms with Crippen molar-refractivity contribution < 1.29 is 9.47 Å². The Bertz CT molecular complexity index is 348. The van der Waals surface area contributed by atoms with Gasteiger partial charge in [-0.25, -0.2) is 0 Å². The van der Waals surface area contributed by atoms with Gasteiger partial charge in [-0.05, 0) is 20.3 Å². The standard InChI is InChI=1S/C19H32O2.Na.H/c1-4-7-8-9-10-14-17-19(20-5-2,21-6-3)18-15-12-11-13-16-18;;/h11-13,15-16H,4-10,14,17H2,1-3H3;;. The van der Waals surface area contributed by atoms with Crippen LogP contribution in [0.2, 0.25) is 0 Å². The third kappa shape index (κ3) is 7.61. The van der Waals surface area contributed by atoms with Crippen LogP contribution in [0.1, 0.15) is 71.3 Å². The summed E-state index contributed by atoms with van der Waals surface area (Å²) in [6, 6.07) is 10.4. The molecule has 0 fully saturated rings. The predicted octanol–water partition coefficient (Wildman–Crippen LogP) is 5.01. The van der Waals surface area contributed by atoms with Crippen LogP contribution in [0.4, 0.5) is 0 Å². The predicted molar refractivity (Wildman–Crippen MR) is 96.5 cm³/mol. The van der Waals surface area contributed by atoms with Gasteiger partial charge >= 0.3 is 29.6 Å². The molecule has 0 amide bonds. The number of hydrogen-bond donors (Lipinski definition) is 0. The fourth-order valence-corrected chi connectivity index (χ4v) is 2.79. The first-order valence-electron chi connectivity index (χ1n) is 8.62. The Balaban J connectivity index is 0.00000441. The summed E-state index contributed by atoms with van der Waals surface area (Å²) < 4.78 is 12.1. The summed E-state index contributed by atoms with van der Waals surface area (Å²) in [7, 11) is 0. The Morgan fingerprint density at radius 2 is 1.32 bits per heavy atom. The van der Waals surface area contributed by atoms with E-state index in [-0.39, 0.29) is 29.6 Å². The first kappa shape index (κ1) is 22.1. The van der Waals surface area contributed by atoms with E-state index in [0.717, 1.165) is 18.4 Å². The van der Waals surface area contributed by atoms with Crippen molar-refractivity contribution in [2.45, 2.75) is 71.5 Å². The van der Waals surface area contributed by atoms with Crippen LogP contribution in [0.15, 0.2) is 30.3 Å². The summed E-state index contributed by atoms with van der Waals surface area (Å²) in [6.07, 6.45) is 8.65. The molecular weight excluding hydrogens is 283 g/mol. The number of hydrogen-bond acceptors (Lipinski definition) is 2. The molecule has 0 spiro atoms. The molecule has 0 heterocycles. The van der Waals surface area contributed by atoms with Crippen LogP contribution in [0.3, 0.4) is 0 Å². The van der Waals surface area contributed by atoms with Gasteiger partial charge in [-0.2, -0.15) is 0 Å². The molecule has 0 aliphatic rings. The van der Waals surface area contributed by atoms with Crippen LogP contribution in [0, 0.1) is 0 Å². The molecule has 1 aromatic rings. The van der Waals surface area contributed by atoms with Crippen LogP contribution in [-0.4, -0.2) is 42.8 Å². The van der Waals surface area contributed by atoms with Crippen LogP contribution >= 0.6 is 0 Å². The van der Waals surface area contributed by atoms with Gasteiger partial charge in [0.05, 0.1) is 0 Å². The molecule has 22 heavy (non-hydrogen) atoms. The summed E-state index contributed by atoms with van der Waals surface area (Å²) in [4.78, 5) is 0. The van der Waals surface area contributed by atoms with Gasteiger partial charge < -0.3 is 9.47 Å². The summed E-state index contributed by atoms with van der Waals surface area (Å²) in [5.41, 5.74) is 1.14. The Morgan fingerprint density at radius 3 is 1.86 bits per heavy atom. The van der Waals surface area contributed by atoms with Crippen molar-refractivity contribution >= 4 is 29.6 Å². The first-order valence-corrected chi connectivity index (χ1v) is 8.62. The van der Waals surface area contributed by atoms with Crippen molar-refractivity contribution in [3.63, 3.8) is 0 Å². The first-order chi connectivity index (χ1) is 10.3. The van der Waals surface area contributed by atoms with E-state index in [2.05, 4.69) is 31.2 Å². The average molecular weight is 316 g/mol.